The highest BCUT2D eigenvalue weighted by atomic mass is 16.5. The van der Waals surface area contributed by atoms with E-state index in [1.165, 1.54) is 0 Å². The SMILES string of the molecule is CC(C)(O)C(C)(C)OBc1ccc2nc(-c3ccccc3)c(-c3ccccc3)nc2c1. The van der Waals surface area contributed by atoms with Crippen molar-refractivity contribution in [2.24, 2.45) is 0 Å². The second-order valence-electron chi connectivity index (χ2n) is 8.83. The maximum Gasteiger partial charge on any atom is 0.309 e. The van der Waals surface area contributed by atoms with Gasteiger partial charge in [0.2, 0.25) is 0 Å². The van der Waals surface area contributed by atoms with Crippen LogP contribution in [-0.2, 0) is 4.65 Å². The number of aliphatic hydroxyl groups is 1. The minimum absolute atomic E-state index is 0.385. The van der Waals surface area contributed by atoms with Crippen LogP contribution in [0.15, 0.2) is 78.9 Å². The average Bonchev–Trinajstić information content (AvgIpc) is 2.77. The Balaban J connectivity index is 1.77. The number of nitrogens with zero attached hydrogens (tertiary/aromatic N) is 2. The van der Waals surface area contributed by atoms with E-state index in [2.05, 4.69) is 24.3 Å². The van der Waals surface area contributed by atoms with Gasteiger partial charge in [-0.1, -0.05) is 72.2 Å². The van der Waals surface area contributed by atoms with Crippen molar-refractivity contribution in [3.05, 3.63) is 78.9 Å². The fourth-order valence-corrected chi connectivity index (χ4v) is 3.22. The molecule has 5 heteroatoms. The number of aromatic nitrogens is 2. The molecule has 0 aliphatic carbocycles. The Hall–Kier alpha value is -3.02. The second-order valence-corrected chi connectivity index (χ2v) is 8.83. The van der Waals surface area contributed by atoms with E-state index >= 15 is 0 Å². The van der Waals surface area contributed by atoms with Crippen LogP contribution in [0.25, 0.3) is 33.5 Å². The third-order valence-corrected chi connectivity index (χ3v) is 5.90. The molecule has 4 rings (SSSR count). The molecule has 1 aromatic heterocycles. The third-order valence-electron chi connectivity index (χ3n) is 5.90. The van der Waals surface area contributed by atoms with Crippen LogP contribution in [0.1, 0.15) is 27.7 Å². The maximum atomic E-state index is 10.3. The summed E-state index contributed by atoms with van der Waals surface area (Å²) >= 11 is 0. The molecular formula is C26H27BN2O2. The summed E-state index contributed by atoms with van der Waals surface area (Å²) in [6.07, 6.45) is 0. The first-order valence-electron chi connectivity index (χ1n) is 10.5. The Morgan fingerprint density at radius 3 is 1.74 bits per heavy atom. The monoisotopic (exact) mass is 410 g/mol. The lowest BCUT2D eigenvalue weighted by molar-refractivity contribution is -0.0893. The molecule has 0 fully saturated rings. The smallest absolute Gasteiger partial charge is 0.309 e. The number of hydrogen-bond donors (Lipinski definition) is 1. The topological polar surface area (TPSA) is 55.2 Å². The average molecular weight is 410 g/mol. The third kappa shape index (κ3) is 4.53. The van der Waals surface area contributed by atoms with Gasteiger partial charge in [0.25, 0.3) is 0 Å². The van der Waals surface area contributed by atoms with E-state index in [0.29, 0.717) is 7.48 Å². The standard InChI is InChI=1S/C26H27BN2O2/c1-25(2,30)26(3,4)31-27-20-15-16-21-22(17-20)29-24(19-13-9-6-10-14-19)23(28-21)18-11-7-5-8-12-18/h5-17,27,30H,1-4H3. The van der Waals surface area contributed by atoms with Crippen LogP contribution in [0.4, 0.5) is 0 Å². The highest BCUT2D eigenvalue weighted by Crippen LogP contribution is 2.30. The molecule has 1 heterocycles. The summed E-state index contributed by atoms with van der Waals surface area (Å²) in [5, 5.41) is 10.3. The Bertz CT molecular complexity index is 1190. The number of rotatable bonds is 6. The summed E-state index contributed by atoms with van der Waals surface area (Å²) in [5.41, 5.74) is 4.81. The fourth-order valence-electron chi connectivity index (χ4n) is 3.22. The van der Waals surface area contributed by atoms with E-state index in [-0.39, 0.29) is 0 Å². The minimum atomic E-state index is -0.950. The molecule has 1 N–H and O–H groups in total. The molecule has 0 radical (unpaired) electrons. The molecule has 0 aliphatic rings. The van der Waals surface area contributed by atoms with E-state index in [4.69, 9.17) is 14.6 Å². The van der Waals surface area contributed by atoms with Gasteiger partial charge < -0.3 is 9.76 Å². The molecule has 0 unspecified atom stereocenters. The van der Waals surface area contributed by atoms with Gasteiger partial charge in [0, 0.05) is 11.1 Å². The Morgan fingerprint density at radius 2 is 1.23 bits per heavy atom. The summed E-state index contributed by atoms with van der Waals surface area (Å²) in [6.45, 7) is 7.31. The highest BCUT2D eigenvalue weighted by molar-refractivity contribution is 6.47. The van der Waals surface area contributed by atoms with Gasteiger partial charge in [0.05, 0.1) is 33.6 Å². The summed E-state index contributed by atoms with van der Waals surface area (Å²) < 4.78 is 6.04. The molecule has 4 aromatic rings. The van der Waals surface area contributed by atoms with Gasteiger partial charge in [-0.05, 0) is 39.8 Å². The molecule has 31 heavy (non-hydrogen) atoms. The minimum Gasteiger partial charge on any atom is -0.427 e. The van der Waals surface area contributed by atoms with Crippen molar-refractivity contribution in [3.8, 4) is 22.5 Å². The van der Waals surface area contributed by atoms with Crippen LogP contribution in [0, 0.1) is 0 Å². The second kappa shape index (κ2) is 8.25. The van der Waals surface area contributed by atoms with Crippen molar-refractivity contribution >= 4 is 24.0 Å². The molecule has 0 saturated heterocycles. The van der Waals surface area contributed by atoms with Gasteiger partial charge in [-0.3, -0.25) is 0 Å². The summed E-state index contributed by atoms with van der Waals surface area (Å²) in [7, 11) is 0.385. The van der Waals surface area contributed by atoms with Crippen molar-refractivity contribution in [1.82, 2.24) is 9.97 Å². The zero-order valence-corrected chi connectivity index (χ0v) is 18.5. The summed E-state index contributed by atoms with van der Waals surface area (Å²) in [4.78, 5) is 9.98. The van der Waals surface area contributed by atoms with Gasteiger partial charge in [-0.25, -0.2) is 9.97 Å². The van der Waals surface area contributed by atoms with Crippen LogP contribution < -0.4 is 5.46 Å². The van der Waals surface area contributed by atoms with E-state index in [1.807, 2.05) is 68.4 Å². The van der Waals surface area contributed by atoms with Crippen molar-refractivity contribution in [2.45, 2.75) is 38.9 Å². The molecule has 4 nitrogen and oxygen atoms in total. The normalized spacial score (nSPS) is 12.2. The summed E-state index contributed by atoms with van der Waals surface area (Å²) in [5.74, 6) is 0. The number of fused-ring (bicyclic) bond motifs is 1. The molecule has 0 amide bonds. The van der Waals surface area contributed by atoms with Crippen LogP contribution in [-0.4, -0.2) is 33.8 Å². The molecule has 0 spiro atoms. The van der Waals surface area contributed by atoms with E-state index in [0.717, 1.165) is 39.0 Å². The lowest BCUT2D eigenvalue weighted by Gasteiger charge is -2.37. The van der Waals surface area contributed by atoms with E-state index < -0.39 is 11.2 Å². The molecule has 0 saturated carbocycles. The van der Waals surface area contributed by atoms with Gasteiger partial charge in [0.15, 0.2) is 0 Å². The van der Waals surface area contributed by atoms with E-state index in [9.17, 15) is 5.11 Å². The van der Waals surface area contributed by atoms with Crippen LogP contribution in [0.3, 0.4) is 0 Å². The zero-order chi connectivity index (χ0) is 22.1. The molecule has 156 valence electrons. The van der Waals surface area contributed by atoms with Crippen molar-refractivity contribution in [1.29, 1.82) is 0 Å². The predicted molar refractivity (Wildman–Crippen MR) is 129 cm³/mol. The maximum absolute atomic E-state index is 10.3. The predicted octanol–water partition coefficient (Wildman–Crippen LogP) is 4.51. The van der Waals surface area contributed by atoms with Crippen molar-refractivity contribution in [2.75, 3.05) is 0 Å². The Kier molecular flexibility index (Phi) is 5.65. The van der Waals surface area contributed by atoms with Crippen molar-refractivity contribution < 1.29 is 9.76 Å². The first kappa shape index (κ1) is 21.2. The van der Waals surface area contributed by atoms with E-state index in [1.54, 1.807) is 13.8 Å². The van der Waals surface area contributed by atoms with Gasteiger partial charge in [-0.2, -0.15) is 0 Å². The zero-order valence-electron chi connectivity index (χ0n) is 18.5. The molecule has 0 aliphatic heterocycles. The number of hydrogen-bond acceptors (Lipinski definition) is 4. The largest absolute Gasteiger partial charge is 0.427 e. The van der Waals surface area contributed by atoms with Crippen LogP contribution in [0.5, 0.6) is 0 Å². The lowest BCUT2D eigenvalue weighted by Crippen LogP contribution is -2.49. The summed E-state index contributed by atoms with van der Waals surface area (Å²) in [6, 6.07) is 26.3. The molecule has 0 atom stereocenters. The first-order valence-corrected chi connectivity index (χ1v) is 10.5. The van der Waals surface area contributed by atoms with Crippen LogP contribution >= 0.6 is 0 Å². The van der Waals surface area contributed by atoms with Gasteiger partial charge in [0.1, 0.15) is 0 Å². The molecular weight excluding hydrogens is 383 g/mol. The quantitative estimate of drug-likeness (QED) is 0.476. The lowest BCUT2D eigenvalue weighted by atomic mass is 9.82. The van der Waals surface area contributed by atoms with Crippen molar-refractivity contribution in [3.63, 3.8) is 0 Å². The number of benzene rings is 3. The molecule has 0 bridgehead atoms. The Morgan fingerprint density at radius 1 is 0.710 bits per heavy atom. The highest BCUT2D eigenvalue weighted by Gasteiger charge is 2.35. The Labute approximate surface area is 184 Å². The van der Waals surface area contributed by atoms with Crippen LogP contribution in [0.2, 0.25) is 0 Å². The molecule has 3 aromatic carbocycles. The van der Waals surface area contributed by atoms with Gasteiger partial charge in [-0.15, -0.1) is 0 Å². The van der Waals surface area contributed by atoms with Gasteiger partial charge >= 0.3 is 7.48 Å². The first-order chi connectivity index (χ1) is 14.7. The fraction of sp³-hybridized carbons (Fsp3) is 0.231.